The molecular weight excluding hydrogens is 290 g/mol. The summed E-state index contributed by atoms with van der Waals surface area (Å²) in [6.45, 7) is 2.99. The van der Waals surface area contributed by atoms with Gasteiger partial charge in [0, 0.05) is 28.6 Å². The van der Waals surface area contributed by atoms with Gasteiger partial charge < -0.3 is 0 Å². The van der Waals surface area contributed by atoms with Crippen molar-refractivity contribution in [2.75, 3.05) is 0 Å². The summed E-state index contributed by atoms with van der Waals surface area (Å²) in [5, 5.41) is 1.27. The monoisotopic (exact) mass is 310 g/mol. The number of pyridine rings is 1. The van der Waals surface area contributed by atoms with Gasteiger partial charge in [0.2, 0.25) is 11.2 Å². The van der Waals surface area contributed by atoms with Crippen LogP contribution >= 0.6 is 0 Å². The molecule has 0 spiro atoms. The summed E-state index contributed by atoms with van der Waals surface area (Å²) < 4.78 is 2.41. The van der Waals surface area contributed by atoms with E-state index in [4.69, 9.17) is 0 Å². The highest BCUT2D eigenvalue weighted by atomic mass is 15.0. The van der Waals surface area contributed by atoms with Gasteiger partial charge in [-0.05, 0) is 31.2 Å². The molecule has 0 saturated heterocycles. The minimum Gasteiger partial charge on any atom is -0.187 e. The van der Waals surface area contributed by atoms with Crippen molar-refractivity contribution in [3.8, 4) is 11.3 Å². The van der Waals surface area contributed by atoms with Crippen molar-refractivity contribution >= 4 is 10.9 Å². The number of nitrogens with zero attached hydrogens (tertiary/aromatic N) is 1. The second-order valence-corrected chi connectivity index (χ2v) is 6.22. The maximum absolute atomic E-state index is 2.41. The number of aromatic nitrogens is 1. The SMILES string of the molecule is Cc1ccc(-c2ccc3ccccc3[n+]2Cc2ccccc2)cc1. The van der Waals surface area contributed by atoms with Crippen LogP contribution in [0, 0.1) is 6.92 Å². The summed E-state index contributed by atoms with van der Waals surface area (Å²) in [6.07, 6.45) is 0. The Morgan fingerprint density at radius 2 is 1.38 bits per heavy atom. The third kappa shape index (κ3) is 2.81. The van der Waals surface area contributed by atoms with Gasteiger partial charge in [0.05, 0.1) is 0 Å². The highest BCUT2D eigenvalue weighted by Crippen LogP contribution is 2.20. The third-order valence-corrected chi connectivity index (χ3v) is 4.47. The molecule has 0 aliphatic carbocycles. The predicted octanol–water partition coefficient (Wildman–Crippen LogP) is 5.15. The van der Waals surface area contributed by atoms with E-state index in [0.717, 1.165) is 6.54 Å². The lowest BCUT2D eigenvalue weighted by Crippen LogP contribution is -2.37. The summed E-state index contributed by atoms with van der Waals surface area (Å²) in [5.41, 5.74) is 6.36. The Morgan fingerprint density at radius 1 is 0.667 bits per heavy atom. The van der Waals surface area contributed by atoms with Crippen LogP contribution in [0.15, 0.2) is 91.0 Å². The molecule has 0 amide bonds. The first-order chi connectivity index (χ1) is 11.8. The fourth-order valence-corrected chi connectivity index (χ4v) is 3.18. The number of aryl methyl sites for hydroxylation is 1. The molecule has 1 heterocycles. The van der Waals surface area contributed by atoms with Crippen molar-refractivity contribution in [3.63, 3.8) is 0 Å². The molecule has 4 aromatic rings. The van der Waals surface area contributed by atoms with Gasteiger partial charge in [0.15, 0.2) is 6.54 Å². The molecule has 116 valence electrons. The lowest BCUT2D eigenvalue weighted by molar-refractivity contribution is -0.651. The van der Waals surface area contributed by atoms with Crippen LogP contribution in [-0.4, -0.2) is 0 Å². The van der Waals surface area contributed by atoms with Crippen LogP contribution in [0.3, 0.4) is 0 Å². The van der Waals surface area contributed by atoms with Crippen LogP contribution in [0.2, 0.25) is 0 Å². The van der Waals surface area contributed by atoms with E-state index in [-0.39, 0.29) is 0 Å². The highest BCUT2D eigenvalue weighted by molar-refractivity contribution is 5.77. The third-order valence-electron chi connectivity index (χ3n) is 4.47. The second-order valence-electron chi connectivity index (χ2n) is 6.22. The van der Waals surface area contributed by atoms with Crippen molar-refractivity contribution in [3.05, 3.63) is 102 Å². The van der Waals surface area contributed by atoms with Gasteiger partial charge >= 0.3 is 0 Å². The van der Waals surface area contributed by atoms with E-state index in [2.05, 4.69) is 102 Å². The molecule has 0 radical (unpaired) electrons. The summed E-state index contributed by atoms with van der Waals surface area (Å²) in [6, 6.07) is 32.5. The van der Waals surface area contributed by atoms with Gasteiger partial charge in [-0.15, -0.1) is 0 Å². The van der Waals surface area contributed by atoms with E-state index in [1.165, 1.54) is 33.3 Å². The fraction of sp³-hybridized carbons (Fsp3) is 0.0870. The van der Waals surface area contributed by atoms with Crippen molar-refractivity contribution in [2.24, 2.45) is 0 Å². The van der Waals surface area contributed by atoms with Crippen LogP contribution < -0.4 is 4.57 Å². The zero-order chi connectivity index (χ0) is 16.4. The van der Waals surface area contributed by atoms with Gasteiger partial charge in [-0.3, -0.25) is 0 Å². The molecule has 1 aromatic heterocycles. The summed E-state index contributed by atoms with van der Waals surface area (Å²) >= 11 is 0. The van der Waals surface area contributed by atoms with E-state index in [1.54, 1.807) is 0 Å². The summed E-state index contributed by atoms with van der Waals surface area (Å²) in [7, 11) is 0. The van der Waals surface area contributed by atoms with Crippen molar-refractivity contribution in [1.82, 2.24) is 0 Å². The maximum atomic E-state index is 2.41. The van der Waals surface area contributed by atoms with Crippen LogP contribution in [0.1, 0.15) is 11.1 Å². The zero-order valence-corrected chi connectivity index (χ0v) is 13.8. The molecule has 4 rings (SSSR count). The first-order valence-electron chi connectivity index (χ1n) is 8.34. The zero-order valence-electron chi connectivity index (χ0n) is 13.8. The molecule has 0 atom stereocenters. The Balaban J connectivity index is 1.92. The molecule has 1 nitrogen and oxygen atoms in total. The number of fused-ring (bicyclic) bond motifs is 1. The number of benzene rings is 3. The quantitative estimate of drug-likeness (QED) is 0.461. The Morgan fingerprint density at radius 3 is 2.17 bits per heavy atom. The van der Waals surface area contributed by atoms with Gasteiger partial charge in [0.1, 0.15) is 0 Å². The number of hydrogen-bond acceptors (Lipinski definition) is 0. The highest BCUT2D eigenvalue weighted by Gasteiger charge is 2.17. The first kappa shape index (κ1) is 14.6. The van der Waals surface area contributed by atoms with E-state index in [9.17, 15) is 0 Å². The van der Waals surface area contributed by atoms with Gasteiger partial charge in [-0.25, -0.2) is 0 Å². The summed E-state index contributed by atoms with van der Waals surface area (Å²) in [4.78, 5) is 0. The average Bonchev–Trinajstić information content (AvgIpc) is 2.64. The van der Waals surface area contributed by atoms with E-state index in [1.807, 2.05) is 0 Å². The van der Waals surface area contributed by atoms with Crippen LogP contribution in [0.5, 0.6) is 0 Å². The van der Waals surface area contributed by atoms with E-state index in [0.29, 0.717) is 0 Å². The van der Waals surface area contributed by atoms with E-state index < -0.39 is 0 Å². The Kier molecular flexibility index (Phi) is 3.84. The summed E-state index contributed by atoms with van der Waals surface area (Å²) in [5.74, 6) is 0. The minimum absolute atomic E-state index is 0.866. The van der Waals surface area contributed by atoms with Crippen LogP contribution in [0.4, 0.5) is 0 Å². The van der Waals surface area contributed by atoms with Crippen LogP contribution in [0.25, 0.3) is 22.2 Å². The molecular formula is C23H20N+. The first-order valence-corrected chi connectivity index (χ1v) is 8.34. The normalized spacial score (nSPS) is 10.9. The average molecular weight is 310 g/mol. The smallest absolute Gasteiger partial charge is 0.187 e. The maximum Gasteiger partial charge on any atom is 0.213 e. The minimum atomic E-state index is 0.866. The standard InChI is InChI=1S/C23H20N/c1-18-11-13-21(14-12-18)23-16-15-20-9-5-6-10-22(20)24(23)17-19-7-3-2-4-8-19/h2-16H,17H2,1H3/q+1. The molecule has 24 heavy (non-hydrogen) atoms. The van der Waals surface area contributed by atoms with Crippen molar-refractivity contribution in [1.29, 1.82) is 0 Å². The number of rotatable bonds is 3. The molecule has 0 N–H and O–H groups in total. The largest absolute Gasteiger partial charge is 0.213 e. The number of hydrogen-bond donors (Lipinski definition) is 0. The predicted molar refractivity (Wildman–Crippen MR) is 99.9 cm³/mol. The molecule has 0 bridgehead atoms. The van der Waals surface area contributed by atoms with Crippen molar-refractivity contribution < 1.29 is 4.57 Å². The Hall–Kier alpha value is -2.93. The Bertz CT molecular complexity index is 970. The molecule has 0 fully saturated rings. The molecule has 0 unspecified atom stereocenters. The van der Waals surface area contributed by atoms with Gasteiger partial charge in [-0.2, -0.15) is 4.57 Å². The van der Waals surface area contributed by atoms with E-state index >= 15 is 0 Å². The number of para-hydroxylation sites is 1. The topological polar surface area (TPSA) is 3.88 Å². The van der Waals surface area contributed by atoms with Crippen LogP contribution in [-0.2, 0) is 6.54 Å². The van der Waals surface area contributed by atoms with Gasteiger partial charge in [0.25, 0.3) is 0 Å². The Labute approximate surface area is 142 Å². The molecule has 3 aromatic carbocycles. The molecule has 0 saturated carbocycles. The van der Waals surface area contributed by atoms with Crippen molar-refractivity contribution in [2.45, 2.75) is 13.5 Å². The van der Waals surface area contributed by atoms with Gasteiger partial charge in [-0.1, -0.05) is 60.2 Å². The fourth-order valence-electron chi connectivity index (χ4n) is 3.18. The lowest BCUT2D eigenvalue weighted by Gasteiger charge is -2.08. The lowest BCUT2D eigenvalue weighted by atomic mass is 10.1. The molecule has 1 heteroatoms. The molecule has 0 aliphatic heterocycles. The second kappa shape index (κ2) is 6.29. The molecule has 0 aliphatic rings.